The summed E-state index contributed by atoms with van der Waals surface area (Å²) in [7, 11) is 1.63. The third-order valence-corrected chi connectivity index (χ3v) is 3.16. The lowest BCUT2D eigenvalue weighted by Crippen LogP contribution is -2.05. The van der Waals surface area contributed by atoms with E-state index in [-0.39, 0.29) is 5.78 Å². The van der Waals surface area contributed by atoms with Gasteiger partial charge in [0.1, 0.15) is 5.75 Å². The van der Waals surface area contributed by atoms with Crippen LogP contribution in [0.2, 0.25) is 0 Å². The van der Waals surface area contributed by atoms with Crippen molar-refractivity contribution < 1.29 is 9.53 Å². The fraction of sp³-hybridized carbons (Fsp3) is 0.188. The van der Waals surface area contributed by atoms with Gasteiger partial charge in [0.05, 0.1) is 7.11 Å². The van der Waals surface area contributed by atoms with E-state index < -0.39 is 0 Å². The average Bonchev–Trinajstić information content (AvgIpc) is 2.41. The molecule has 2 aromatic rings. The summed E-state index contributed by atoms with van der Waals surface area (Å²) in [5.74, 6) is 0.801. The number of nitrogens with two attached hydrogens (primary N) is 1. The molecular weight excluding hydrogens is 238 g/mol. The topological polar surface area (TPSA) is 52.3 Å². The average molecular weight is 255 g/mol. The number of benzene rings is 2. The molecule has 0 amide bonds. The van der Waals surface area contributed by atoms with Crippen molar-refractivity contribution in [3.63, 3.8) is 0 Å². The fourth-order valence-corrected chi connectivity index (χ4v) is 2.04. The lowest BCUT2D eigenvalue weighted by molar-refractivity contribution is 0.103. The molecule has 0 radical (unpaired) electrons. The summed E-state index contributed by atoms with van der Waals surface area (Å²) < 4.78 is 5.25. The van der Waals surface area contributed by atoms with Crippen molar-refractivity contribution in [1.82, 2.24) is 0 Å². The molecule has 0 spiro atoms. The number of anilines is 1. The van der Waals surface area contributed by atoms with Crippen LogP contribution in [0, 0.1) is 13.8 Å². The Hall–Kier alpha value is -2.29. The maximum Gasteiger partial charge on any atom is 0.193 e. The van der Waals surface area contributed by atoms with Crippen LogP contribution in [-0.4, -0.2) is 12.9 Å². The molecule has 0 heterocycles. The molecule has 3 nitrogen and oxygen atoms in total. The van der Waals surface area contributed by atoms with Gasteiger partial charge in [-0.05, 0) is 61.4 Å². The maximum atomic E-state index is 12.4. The third-order valence-electron chi connectivity index (χ3n) is 3.16. The zero-order valence-electron chi connectivity index (χ0n) is 11.4. The van der Waals surface area contributed by atoms with Crippen molar-refractivity contribution >= 4 is 11.5 Å². The molecule has 0 aliphatic rings. The van der Waals surface area contributed by atoms with Gasteiger partial charge in [-0.3, -0.25) is 4.79 Å². The zero-order valence-corrected chi connectivity index (χ0v) is 11.4. The van der Waals surface area contributed by atoms with Crippen LogP contribution in [0.3, 0.4) is 0 Å². The normalized spacial score (nSPS) is 10.3. The van der Waals surface area contributed by atoms with Gasteiger partial charge in [-0.25, -0.2) is 0 Å². The fourth-order valence-electron chi connectivity index (χ4n) is 2.04. The van der Waals surface area contributed by atoms with Crippen LogP contribution in [-0.2, 0) is 0 Å². The van der Waals surface area contributed by atoms with Gasteiger partial charge in [-0.15, -0.1) is 0 Å². The van der Waals surface area contributed by atoms with Gasteiger partial charge >= 0.3 is 0 Å². The molecule has 0 bridgehead atoms. The number of ether oxygens (including phenoxy) is 1. The first kappa shape index (κ1) is 13.1. The first-order valence-electron chi connectivity index (χ1n) is 6.08. The molecule has 0 fully saturated rings. The van der Waals surface area contributed by atoms with Gasteiger partial charge < -0.3 is 10.5 Å². The summed E-state index contributed by atoms with van der Waals surface area (Å²) in [6.45, 7) is 3.84. The summed E-state index contributed by atoms with van der Waals surface area (Å²) in [5.41, 5.74) is 9.48. The quantitative estimate of drug-likeness (QED) is 0.677. The van der Waals surface area contributed by atoms with Crippen LogP contribution in [0.4, 0.5) is 5.69 Å². The molecule has 0 aliphatic heterocycles. The van der Waals surface area contributed by atoms with Crippen LogP contribution >= 0.6 is 0 Å². The molecule has 2 N–H and O–H groups in total. The van der Waals surface area contributed by atoms with E-state index in [1.165, 1.54) is 0 Å². The van der Waals surface area contributed by atoms with E-state index in [9.17, 15) is 4.79 Å². The van der Waals surface area contributed by atoms with Gasteiger partial charge in [-0.2, -0.15) is 0 Å². The Morgan fingerprint density at radius 1 is 1.05 bits per heavy atom. The molecule has 98 valence electrons. The lowest BCUT2D eigenvalue weighted by Gasteiger charge is -2.10. The van der Waals surface area contributed by atoms with Crippen molar-refractivity contribution in [3.05, 3.63) is 58.7 Å². The Morgan fingerprint density at radius 2 is 1.68 bits per heavy atom. The molecular formula is C16H17NO2. The number of hydrogen-bond donors (Lipinski definition) is 1. The van der Waals surface area contributed by atoms with Crippen molar-refractivity contribution in [1.29, 1.82) is 0 Å². The Bertz CT molecular complexity index is 615. The van der Waals surface area contributed by atoms with Gasteiger partial charge in [0.25, 0.3) is 0 Å². The lowest BCUT2D eigenvalue weighted by atomic mass is 9.96. The highest BCUT2D eigenvalue weighted by molar-refractivity contribution is 6.10. The SMILES string of the molecule is COc1cc(C)c(C(=O)c2ccc(N)cc2)cc1C. The highest BCUT2D eigenvalue weighted by Gasteiger charge is 2.14. The van der Waals surface area contributed by atoms with Crippen molar-refractivity contribution in [2.24, 2.45) is 0 Å². The second-order valence-corrected chi connectivity index (χ2v) is 4.59. The minimum atomic E-state index is 0.00301. The van der Waals surface area contributed by atoms with Crippen LogP contribution in [0.1, 0.15) is 27.0 Å². The van der Waals surface area contributed by atoms with Gasteiger partial charge in [0.2, 0.25) is 0 Å². The van der Waals surface area contributed by atoms with Crippen LogP contribution in [0.5, 0.6) is 5.75 Å². The summed E-state index contributed by atoms with van der Waals surface area (Å²) in [6, 6.07) is 10.7. The zero-order chi connectivity index (χ0) is 14.0. The Morgan fingerprint density at radius 3 is 2.26 bits per heavy atom. The molecule has 2 aromatic carbocycles. The Kier molecular flexibility index (Phi) is 3.56. The first-order valence-corrected chi connectivity index (χ1v) is 6.08. The minimum Gasteiger partial charge on any atom is -0.496 e. The van der Waals surface area contributed by atoms with Gasteiger partial charge in [0.15, 0.2) is 5.78 Å². The number of methoxy groups -OCH3 is 1. The number of ketones is 1. The second kappa shape index (κ2) is 5.14. The van der Waals surface area contributed by atoms with E-state index in [0.717, 1.165) is 16.9 Å². The Labute approximate surface area is 113 Å². The van der Waals surface area contributed by atoms with Crippen LogP contribution in [0.15, 0.2) is 36.4 Å². The predicted octanol–water partition coefficient (Wildman–Crippen LogP) is 3.13. The monoisotopic (exact) mass is 255 g/mol. The summed E-state index contributed by atoms with van der Waals surface area (Å²) in [5, 5.41) is 0. The van der Waals surface area contributed by atoms with Gasteiger partial charge in [-0.1, -0.05) is 0 Å². The molecule has 3 heteroatoms. The highest BCUT2D eigenvalue weighted by Crippen LogP contribution is 2.24. The molecule has 19 heavy (non-hydrogen) atoms. The van der Waals surface area contributed by atoms with Gasteiger partial charge in [0, 0.05) is 16.8 Å². The highest BCUT2D eigenvalue weighted by atomic mass is 16.5. The third kappa shape index (κ3) is 2.60. The first-order chi connectivity index (χ1) is 9.02. The molecule has 0 unspecified atom stereocenters. The van der Waals surface area contributed by atoms with E-state index in [2.05, 4.69) is 0 Å². The van der Waals surface area contributed by atoms with Crippen molar-refractivity contribution in [2.45, 2.75) is 13.8 Å². The summed E-state index contributed by atoms with van der Waals surface area (Å²) >= 11 is 0. The molecule has 2 rings (SSSR count). The summed E-state index contributed by atoms with van der Waals surface area (Å²) in [4.78, 5) is 12.4. The van der Waals surface area contributed by atoms with Crippen molar-refractivity contribution in [2.75, 3.05) is 12.8 Å². The minimum absolute atomic E-state index is 0.00301. The smallest absolute Gasteiger partial charge is 0.193 e. The molecule has 0 aliphatic carbocycles. The standard InChI is InChI=1S/C16H17NO2/c1-10-9-15(19-3)11(2)8-14(10)16(18)12-4-6-13(17)7-5-12/h4-9H,17H2,1-3H3. The number of carbonyl (C=O) groups excluding carboxylic acids is 1. The molecule has 0 saturated heterocycles. The largest absolute Gasteiger partial charge is 0.496 e. The van der Waals surface area contributed by atoms with E-state index in [0.29, 0.717) is 16.8 Å². The van der Waals surface area contributed by atoms with Crippen LogP contribution < -0.4 is 10.5 Å². The second-order valence-electron chi connectivity index (χ2n) is 4.59. The maximum absolute atomic E-state index is 12.4. The number of rotatable bonds is 3. The molecule has 0 aromatic heterocycles. The van der Waals surface area contributed by atoms with Crippen LogP contribution in [0.25, 0.3) is 0 Å². The Balaban J connectivity index is 2.44. The molecule has 0 atom stereocenters. The summed E-state index contributed by atoms with van der Waals surface area (Å²) in [6.07, 6.45) is 0. The predicted molar refractivity (Wildman–Crippen MR) is 76.8 cm³/mol. The van der Waals surface area contributed by atoms with E-state index >= 15 is 0 Å². The number of hydrogen-bond acceptors (Lipinski definition) is 3. The number of nitrogen functional groups attached to an aromatic ring is 1. The molecule has 0 saturated carbocycles. The van der Waals surface area contributed by atoms with E-state index in [4.69, 9.17) is 10.5 Å². The van der Waals surface area contributed by atoms with E-state index in [1.807, 2.05) is 26.0 Å². The number of aryl methyl sites for hydroxylation is 2. The number of carbonyl (C=O) groups is 1. The van der Waals surface area contributed by atoms with Crippen molar-refractivity contribution in [3.8, 4) is 5.75 Å². The van der Waals surface area contributed by atoms with E-state index in [1.54, 1.807) is 31.4 Å².